The summed E-state index contributed by atoms with van der Waals surface area (Å²) in [6.07, 6.45) is 1.60. The van der Waals surface area contributed by atoms with Crippen LogP contribution in [0.1, 0.15) is 38.3 Å². The molecule has 1 N–H and O–H groups in total. The molecule has 0 radical (unpaired) electrons. The first-order valence-electron chi connectivity index (χ1n) is 8.25. The first kappa shape index (κ1) is 15.8. The van der Waals surface area contributed by atoms with Crippen LogP contribution >= 0.6 is 0 Å². The molecule has 0 aliphatic carbocycles. The van der Waals surface area contributed by atoms with Crippen LogP contribution < -0.4 is 10.9 Å². The Hall–Kier alpha value is -2.11. The molecule has 1 aromatic heterocycles. The Kier molecular flexibility index (Phi) is 4.24. The Morgan fingerprint density at radius 2 is 2.09 bits per heavy atom. The Morgan fingerprint density at radius 1 is 1.30 bits per heavy atom. The summed E-state index contributed by atoms with van der Waals surface area (Å²) in [4.78, 5) is 37.9. The highest BCUT2D eigenvalue weighted by Gasteiger charge is 2.37. The van der Waals surface area contributed by atoms with Gasteiger partial charge in [-0.05, 0) is 24.8 Å². The van der Waals surface area contributed by atoms with Crippen LogP contribution in [0.2, 0.25) is 0 Å². The first-order valence-corrected chi connectivity index (χ1v) is 8.25. The molecule has 2 bridgehead atoms. The number of rotatable bonds is 3. The minimum atomic E-state index is -0.454. The quantitative estimate of drug-likeness (QED) is 0.892. The molecule has 23 heavy (non-hydrogen) atoms. The van der Waals surface area contributed by atoms with Crippen LogP contribution in [0.25, 0.3) is 0 Å². The summed E-state index contributed by atoms with van der Waals surface area (Å²) >= 11 is 0. The fourth-order valence-electron chi connectivity index (χ4n) is 3.88. The van der Waals surface area contributed by atoms with Crippen molar-refractivity contribution in [3.8, 4) is 0 Å². The standard InChI is InChI=1S/C17H23N3O3/c1-3-14(18-11(2)21)17(23)19-8-12-7-13(10-19)15-5-4-6-16(22)20(15)9-12/h4-6,12-14H,3,7-10H2,1-2H3,(H,18,21). The lowest BCUT2D eigenvalue weighted by Gasteiger charge is -2.43. The number of nitrogens with zero attached hydrogens (tertiary/aromatic N) is 2. The fourth-order valence-corrected chi connectivity index (χ4v) is 3.88. The number of hydrogen-bond acceptors (Lipinski definition) is 3. The van der Waals surface area contributed by atoms with E-state index in [1.807, 2.05) is 22.5 Å². The maximum atomic E-state index is 12.7. The lowest BCUT2D eigenvalue weighted by molar-refractivity contribution is -0.138. The molecule has 1 saturated heterocycles. The van der Waals surface area contributed by atoms with Gasteiger partial charge in [-0.2, -0.15) is 0 Å². The van der Waals surface area contributed by atoms with Gasteiger partial charge >= 0.3 is 0 Å². The van der Waals surface area contributed by atoms with E-state index in [-0.39, 0.29) is 23.3 Å². The summed E-state index contributed by atoms with van der Waals surface area (Å²) in [5.41, 5.74) is 1.07. The Labute approximate surface area is 135 Å². The minimum absolute atomic E-state index is 0.0101. The van der Waals surface area contributed by atoms with E-state index in [2.05, 4.69) is 5.32 Å². The van der Waals surface area contributed by atoms with Crippen molar-refractivity contribution in [3.05, 3.63) is 34.2 Å². The SMILES string of the molecule is CCC(NC(C)=O)C(=O)N1CC2CC(C1)c1cccc(=O)n1C2. The van der Waals surface area contributed by atoms with Gasteiger partial charge in [-0.1, -0.05) is 13.0 Å². The summed E-state index contributed by atoms with van der Waals surface area (Å²) in [5.74, 6) is 0.318. The molecule has 6 nitrogen and oxygen atoms in total. The van der Waals surface area contributed by atoms with E-state index in [4.69, 9.17) is 0 Å². The monoisotopic (exact) mass is 317 g/mol. The molecule has 6 heteroatoms. The van der Waals surface area contributed by atoms with E-state index < -0.39 is 6.04 Å². The third kappa shape index (κ3) is 3.02. The molecule has 0 spiro atoms. The van der Waals surface area contributed by atoms with Crippen LogP contribution in [0, 0.1) is 5.92 Å². The molecule has 3 unspecified atom stereocenters. The van der Waals surface area contributed by atoms with Crippen LogP contribution in [-0.2, 0) is 16.1 Å². The molecule has 3 heterocycles. The Morgan fingerprint density at radius 3 is 2.78 bits per heavy atom. The molecule has 2 aliphatic rings. The van der Waals surface area contributed by atoms with Crippen molar-refractivity contribution in [1.29, 1.82) is 0 Å². The summed E-state index contributed by atoms with van der Waals surface area (Å²) in [6.45, 7) is 5.29. The molecule has 1 aromatic rings. The molecular formula is C17H23N3O3. The lowest BCUT2D eigenvalue weighted by Crippen LogP contribution is -2.54. The highest BCUT2D eigenvalue weighted by atomic mass is 16.2. The highest BCUT2D eigenvalue weighted by Crippen LogP contribution is 2.35. The number of likely N-dealkylation sites (tertiary alicyclic amines) is 1. The van der Waals surface area contributed by atoms with Gasteiger partial charge in [0.25, 0.3) is 5.56 Å². The van der Waals surface area contributed by atoms with Crippen LogP contribution in [0.5, 0.6) is 0 Å². The van der Waals surface area contributed by atoms with Crippen LogP contribution in [0.4, 0.5) is 0 Å². The third-order valence-electron chi connectivity index (χ3n) is 4.88. The van der Waals surface area contributed by atoms with Gasteiger partial charge in [-0.25, -0.2) is 0 Å². The lowest BCUT2D eigenvalue weighted by atomic mass is 9.83. The van der Waals surface area contributed by atoms with Gasteiger partial charge in [0.15, 0.2) is 0 Å². The van der Waals surface area contributed by atoms with Gasteiger partial charge < -0.3 is 14.8 Å². The molecule has 0 saturated carbocycles. The van der Waals surface area contributed by atoms with Crippen molar-refractivity contribution in [2.24, 2.45) is 5.92 Å². The Balaban J connectivity index is 1.81. The van der Waals surface area contributed by atoms with E-state index in [1.165, 1.54) is 6.92 Å². The number of nitrogens with one attached hydrogen (secondary N) is 1. The van der Waals surface area contributed by atoms with Crippen molar-refractivity contribution in [3.63, 3.8) is 0 Å². The van der Waals surface area contributed by atoms with Gasteiger partial charge in [-0.3, -0.25) is 14.4 Å². The predicted octanol–water partition coefficient (Wildman–Crippen LogP) is 0.709. The number of amides is 2. The molecule has 1 fully saturated rings. The summed E-state index contributed by atoms with van der Waals surface area (Å²) in [7, 11) is 0. The summed E-state index contributed by atoms with van der Waals surface area (Å²) in [6, 6.07) is 4.92. The second-order valence-corrected chi connectivity index (χ2v) is 6.60. The van der Waals surface area contributed by atoms with Crippen molar-refractivity contribution in [2.45, 2.75) is 45.2 Å². The van der Waals surface area contributed by atoms with E-state index in [1.54, 1.807) is 12.1 Å². The molecule has 2 amide bonds. The maximum Gasteiger partial charge on any atom is 0.250 e. The van der Waals surface area contributed by atoms with Crippen LogP contribution in [0.3, 0.4) is 0 Å². The molecule has 124 valence electrons. The number of carbonyl (C=O) groups is 2. The number of hydrogen-bond donors (Lipinski definition) is 1. The zero-order chi connectivity index (χ0) is 16.6. The zero-order valence-corrected chi connectivity index (χ0v) is 13.6. The Bertz CT molecular complexity index is 682. The van der Waals surface area contributed by atoms with Gasteiger partial charge in [0, 0.05) is 44.2 Å². The largest absolute Gasteiger partial charge is 0.345 e. The van der Waals surface area contributed by atoms with Gasteiger partial charge in [0.1, 0.15) is 6.04 Å². The molecular weight excluding hydrogens is 294 g/mol. The van der Waals surface area contributed by atoms with E-state index >= 15 is 0 Å². The molecule has 3 atom stereocenters. The van der Waals surface area contributed by atoms with Crippen molar-refractivity contribution < 1.29 is 9.59 Å². The normalized spacial score (nSPS) is 23.8. The third-order valence-corrected chi connectivity index (χ3v) is 4.88. The van der Waals surface area contributed by atoms with Crippen molar-refractivity contribution in [1.82, 2.24) is 14.8 Å². The average Bonchev–Trinajstić information content (AvgIpc) is 2.52. The van der Waals surface area contributed by atoms with E-state index in [9.17, 15) is 14.4 Å². The second kappa shape index (κ2) is 6.18. The average molecular weight is 317 g/mol. The number of carbonyl (C=O) groups excluding carboxylic acids is 2. The number of pyridine rings is 1. The molecule has 3 rings (SSSR count). The first-order chi connectivity index (χ1) is 11.0. The highest BCUT2D eigenvalue weighted by molar-refractivity contribution is 5.87. The summed E-state index contributed by atoms with van der Waals surface area (Å²) in [5, 5.41) is 2.74. The minimum Gasteiger partial charge on any atom is -0.345 e. The fraction of sp³-hybridized carbons (Fsp3) is 0.588. The van der Waals surface area contributed by atoms with Crippen molar-refractivity contribution in [2.75, 3.05) is 13.1 Å². The van der Waals surface area contributed by atoms with E-state index in [0.717, 1.165) is 12.1 Å². The van der Waals surface area contributed by atoms with Gasteiger partial charge in [0.2, 0.25) is 11.8 Å². The smallest absolute Gasteiger partial charge is 0.250 e. The number of fused-ring (bicyclic) bond motifs is 4. The van der Waals surface area contributed by atoms with Crippen LogP contribution in [0.15, 0.2) is 23.0 Å². The zero-order valence-electron chi connectivity index (χ0n) is 13.6. The number of aromatic nitrogens is 1. The summed E-state index contributed by atoms with van der Waals surface area (Å²) < 4.78 is 1.85. The molecule has 2 aliphatic heterocycles. The van der Waals surface area contributed by atoms with E-state index in [0.29, 0.717) is 32.0 Å². The van der Waals surface area contributed by atoms with Gasteiger partial charge in [0.05, 0.1) is 0 Å². The number of piperidine rings is 1. The topological polar surface area (TPSA) is 71.4 Å². The van der Waals surface area contributed by atoms with Crippen LogP contribution in [-0.4, -0.2) is 40.4 Å². The molecule has 0 aromatic carbocycles. The maximum absolute atomic E-state index is 12.7. The van der Waals surface area contributed by atoms with Gasteiger partial charge in [-0.15, -0.1) is 0 Å². The van der Waals surface area contributed by atoms with Crippen molar-refractivity contribution >= 4 is 11.8 Å². The second-order valence-electron chi connectivity index (χ2n) is 6.60. The predicted molar refractivity (Wildman–Crippen MR) is 86.0 cm³/mol.